The fourth-order valence-electron chi connectivity index (χ4n) is 2.07. The van der Waals surface area contributed by atoms with Gasteiger partial charge in [-0.05, 0) is 20.0 Å². The van der Waals surface area contributed by atoms with Crippen molar-refractivity contribution >= 4 is 5.97 Å². The van der Waals surface area contributed by atoms with Crippen LogP contribution in [-0.4, -0.2) is 46.4 Å². The minimum atomic E-state index is -0.539. The lowest BCUT2D eigenvalue weighted by molar-refractivity contribution is 0.0585. The van der Waals surface area contributed by atoms with Crippen LogP contribution in [0, 0.1) is 0 Å². The molecule has 0 amide bonds. The molecule has 7 nitrogen and oxygen atoms in total. The first-order valence-corrected chi connectivity index (χ1v) is 7.01. The van der Waals surface area contributed by atoms with E-state index < -0.39 is 5.97 Å². The highest BCUT2D eigenvalue weighted by atomic mass is 16.5. The number of hydrogen-bond donors (Lipinski definition) is 0. The molecule has 2 aromatic rings. The van der Waals surface area contributed by atoms with Crippen LogP contribution in [0.25, 0.3) is 0 Å². The van der Waals surface area contributed by atoms with E-state index in [1.807, 2.05) is 43.1 Å². The molecule has 118 valence electrons. The van der Waals surface area contributed by atoms with Crippen LogP contribution < -0.4 is 4.74 Å². The summed E-state index contributed by atoms with van der Waals surface area (Å²) in [7, 11) is 3.27. The van der Waals surface area contributed by atoms with E-state index in [-0.39, 0.29) is 5.82 Å². The number of nitrogens with zero attached hydrogens (tertiary/aromatic N) is 4. The Bertz CT molecular complexity index is 627. The van der Waals surface area contributed by atoms with E-state index in [0.717, 1.165) is 11.3 Å². The van der Waals surface area contributed by atoms with E-state index in [9.17, 15) is 4.79 Å². The Hall–Kier alpha value is -2.41. The molecule has 2 rings (SSSR count). The molecule has 0 bridgehead atoms. The molecule has 22 heavy (non-hydrogen) atoms. The lowest BCUT2D eigenvalue weighted by Crippen LogP contribution is -2.22. The van der Waals surface area contributed by atoms with Crippen LogP contribution in [0.2, 0.25) is 0 Å². The highest BCUT2D eigenvalue weighted by Gasteiger charge is 2.12. The molecule has 0 fully saturated rings. The van der Waals surface area contributed by atoms with Crippen LogP contribution >= 0.6 is 0 Å². The lowest BCUT2D eigenvalue weighted by Gasteiger charge is -2.18. The van der Waals surface area contributed by atoms with Crippen LogP contribution in [0.5, 0.6) is 5.75 Å². The van der Waals surface area contributed by atoms with Gasteiger partial charge >= 0.3 is 5.97 Å². The zero-order valence-corrected chi connectivity index (χ0v) is 13.0. The number of benzene rings is 1. The van der Waals surface area contributed by atoms with Gasteiger partial charge in [0.15, 0.2) is 0 Å². The van der Waals surface area contributed by atoms with Crippen LogP contribution in [0.4, 0.5) is 0 Å². The maximum Gasteiger partial charge on any atom is 0.377 e. The number of esters is 1. The average Bonchev–Trinajstić information content (AvgIpc) is 2.97. The summed E-state index contributed by atoms with van der Waals surface area (Å²) in [4.78, 5) is 17.3. The molecule has 0 N–H and O–H groups in total. The molecule has 0 aliphatic carbocycles. The van der Waals surface area contributed by atoms with E-state index in [4.69, 9.17) is 4.74 Å². The number of methoxy groups -OCH3 is 1. The summed E-state index contributed by atoms with van der Waals surface area (Å²) in [6, 6.07) is 7.92. The first kappa shape index (κ1) is 16.0. The van der Waals surface area contributed by atoms with Crippen LogP contribution in [0.15, 0.2) is 30.6 Å². The second kappa shape index (κ2) is 7.56. The van der Waals surface area contributed by atoms with Gasteiger partial charge in [-0.3, -0.25) is 4.90 Å². The van der Waals surface area contributed by atoms with Gasteiger partial charge < -0.3 is 9.47 Å². The van der Waals surface area contributed by atoms with E-state index in [1.54, 1.807) is 4.68 Å². The molecule has 0 aliphatic heterocycles. The molecule has 1 aromatic carbocycles. The van der Waals surface area contributed by atoms with Crippen molar-refractivity contribution in [1.82, 2.24) is 19.7 Å². The molecular weight excluding hydrogens is 284 g/mol. The number of para-hydroxylation sites is 1. The molecule has 0 unspecified atom stereocenters. The Balaban J connectivity index is 1.99. The molecule has 0 radical (unpaired) electrons. The van der Waals surface area contributed by atoms with Gasteiger partial charge in [0.05, 0.1) is 20.4 Å². The van der Waals surface area contributed by atoms with Crippen LogP contribution in [-0.2, 0) is 18.0 Å². The van der Waals surface area contributed by atoms with E-state index >= 15 is 0 Å². The maximum absolute atomic E-state index is 11.3. The molecule has 1 heterocycles. The van der Waals surface area contributed by atoms with Crippen molar-refractivity contribution in [2.75, 3.05) is 20.8 Å². The number of carbonyl (C=O) groups is 1. The zero-order chi connectivity index (χ0) is 15.9. The third kappa shape index (κ3) is 4.05. The highest BCUT2D eigenvalue weighted by molar-refractivity contribution is 5.84. The second-order valence-corrected chi connectivity index (χ2v) is 4.80. The van der Waals surface area contributed by atoms with Crippen molar-refractivity contribution < 1.29 is 14.3 Å². The van der Waals surface area contributed by atoms with E-state index in [2.05, 4.69) is 14.8 Å². The lowest BCUT2D eigenvalue weighted by atomic mass is 10.2. The predicted octanol–water partition coefficient (Wildman–Crippen LogP) is 1.55. The van der Waals surface area contributed by atoms with Crippen molar-refractivity contribution in [2.24, 2.45) is 0 Å². The number of aromatic nitrogens is 3. The smallest absolute Gasteiger partial charge is 0.377 e. The Kier molecular flexibility index (Phi) is 5.48. The van der Waals surface area contributed by atoms with Crippen molar-refractivity contribution in [3.8, 4) is 5.75 Å². The van der Waals surface area contributed by atoms with E-state index in [0.29, 0.717) is 19.8 Å². The third-order valence-electron chi connectivity index (χ3n) is 3.00. The third-order valence-corrected chi connectivity index (χ3v) is 3.00. The Labute approximate surface area is 129 Å². The summed E-state index contributed by atoms with van der Waals surface area (Å²) < 4.78 is 11.8. The molecular formula is C15H20N4O3. The van der Waals surface area contributed by atoms with Crippen molar-refractivity contribution in [3.05, 3.63) is 42.0 Å². The largest absolute Gasteiger partial charge is 0.494 e. The average molecular weight is 304 g/mol. The molecule has 0 saturated carbocycles. The molecule has 7 heteroatoms. The SMILES string of the molecule is CCOc1ccccc1CN(C)Cn1cnc(C(=O)OC)n1. The molecule has 0 spiro atoms. The van der Waals surface area contributed by atoms with Gasteiger partial charge in [0, 0.05) is 12.1 Å². The van der Waals surface area contributed by atoms with Crippen molar-refractivity contribution in [1.29, 1.82) is 0 Å². The number of hydrogen-bond acceptors (Lipinski definition) is 6. The highest BCUT2D eigenvalue weighted by Crippen LogP contribution is 2.19. The Morgan fingerprint density at radius 2 is 2.14 bits per heavy atom. The molecule has 0 saturated heterocycles. The topological polar surface area (TPSA) is 69.5 Å². The first-order chi connectivity index (χ1) is 10.6. The monoisotopic (exact) mass is 304 g/mol. The van der Waals surface area contributed by atoms with Gasteiger partial charge in [-0.25, -0.2) is 14.5 Å². The first-order valence-electron chi connectivity index (χ1n) is 7.01. The number of ether oxygens (including phenoxy) is 2. The van der Waals surface area contributed by atoms with Gasteiger partial charge in [-0.15, -0.1) is 5.10 Å². The maximum atomic E-state index is 11.3. The van der Waals surface area contributed by atoms with Gasteiger partial charge in [0.2, 0.25) is 0 Å². The summed E-state index contributed by atoms with van der Waals surface area (Å²) in [5, 5.41) is 4.08. The summed E-state index contributed by atoms with van der Waals surface area (Å²) in [6.45, 7) is 3.80. The summed E-state index contributed by atoms with van der Waals surface area (Å²) >= 11 is 0. The van der Waals surface area contributed by atoms with Gasteiger partial charge in [0.1, 0.15) is 12.1 Å². The Morgan fingerprint density at radius 1 is 1.36 bits per heavy atom. The second-order valence-electron chi connectivity index (χ2n) is 4.80. The summed E-state index contributed by atoms with van der Waals surface area (Å²) in [5.41, 5.74) is 1.10. The summed E-state index contributed by atoms with van der Waals surface area (Å²) in [5.74, 6) is 0.402. The molecule has 0 atom stereocenters. The normalized spacial score (nSPS) is 10.7. The predicted molar refractivity (Wildman–Crippen MR) is 80.4 cm³/mol. The number of carbonyl (C=O) groups excluding carboxylic acids is 1. The van der Waals surface area contributed by atoms with Crippen LogP contribution in [0.3, 0.4) is 0 Å². The van der Waals surface area contributed by atoms with Crippen molar-refractivity contribution in [3.63, 3.8) is 0 Å². The molecule has 1 aromatic heterocycles. The fraction of sp³-hybridized carbons (Fsp3) is 0.400. The summed E-state index contributed by atoms with van der Waals surface area (Å²) in [6.07, 6.45) is 1.51. The quantitative estimate of drug-likeness (QED) is 0.723. The van der Waals surface area contributed by atoms with Crippen LogP contribution in [0.1, 0.15) is 23.1 Å². The zero-order valence-electron chi connectivity index (χ0n) is 13.0. The van der Waals surface area contributed by atoms with E-state index in [1.165, 1.54) is 13.4 Å². The minimum absolute atomic E-state index is 0.0608. The van der Waals surface area contributed by atoms with Gasteiger partial charge in [-0.1, -0.05) is 18.2 Å². The number of rotatable bonds is 7. The van der Waals surface area contributed by atoms with Gasteiger partial charge in [-0.2, -0.15) is 0 Å². The fourth-order valence-corrected chi connectivity index (χ4v) is 2.07. The van der Waals surface area contributed by atoms with Crippen molar-refractivity contribution in [2.45, 2.75) is 20.1 Å². The Morgan fingerprint density at radius 3 is 2.86 bits per heavy atom. The minimum Gasteiger partial charge on any atom is -0.494 e. The van der Waals surface area contributed by atoms with Gasteiger partial charge in [0.25, 0.3) is 5.82 Å². The molecule has 0 aliphatic rings. The standard InChI is InChI=1S/C15H20N4O3/c1-4-22-13-8-6-5-7-12(13)9-18(2)11-19-10-16-14(17-19)15(20)21-3/h5-8,10H,4,9,11H2,1-3H3.